The summed E-state index contributed by atoms with van der Waals surface area (Å²) in [5.41, 5.74) is 1.43. The van der Waals surface area contributed by atoms with Gasteiger partial charge in [0.1, 0.15) is 0 Å². The van der Waals surface area contributed by atoms with Crippen LogP contribution in [0.2, 0.25) is 0 Å². The molecule has 0 radical (unpaired) electrons. The van der Waals surface area contributed by atoms with Gasteiger partial charge >= 0.3 is 5.97 Å². The van der Waals surface area contributed by atoms with Crippen molar-refractivity contribution in [1.29, 1.82) is 0 Å². The maximum Gasteiger partial charge on any atom is 0.305 e. The van der Waals surface area contributed by atoms with Crippen molar-refractivity contribution in [1.82, 2.24) is 0 Å². The Morgan fingerprint density at radius 1 is 1.00 bits per heavy atom. The summed E-state index contributed by atoms with van der Waals surface area (Å²) < 4.78 is 5.03. The summed E-state index contributed by atoms with van der Waals surface area (Å²) in [6.45, 7) is 2.41. The molecule has 0 saturated carbocycles. The van der Waals surface area contributed by atoms with Crippen LogP contribution < -0.4 is 0 Å². The maximum atomic E-state index is 10.9. The summed E-state index contributed by atoms with van der Waals surface area (Å²) >= 11 is 0. The van der Waals surface area contributed by atoms with Gasteiger partial charge in [-0.3, -0.25) is 4.79 Å². The van der Waals surface area contributed by atoms with E-state index in [2.05, 4.69) is 30.3 Å². The molecule has 0 N–H and O–H groups in total. The van der Waals surface area contributed by atoms with E-state index in [9.17, 15) is 4.79 Å². The number of hydrogen-bond acceptors (Lipinski definition) is 2. The summed E-state index contributed by atoms with van der Waals surface area (Å²) in [6.07, 6.45) is 7.55. The van der Waals surface area contributed by atoms with Crippen molar-refractivity contribution in [3.63, 3.8) is 0 Å². The minimum absolute atomic E-state index is 0.0842. The number of esters is 1. The standard InChI is InChI=1S/C16H24O2/c1-2-16(17)18-14-10-5-3-4-7-11-15-12-8-6-9-13-15/h6,8-9,12-13H,2-5,7,10-11,14H2,1H3. The van der Waals surface area contributed by atoms with Gasteiger partial charge in [-0.05, 0) is 24.8 Å². The molecule has 2 nitrogen and oxygen atoms in total. The predicted molar refractivity (Wildman–Crippen MR) is 74.5 cm³/mol. The Bertz CT molecular complexity index is 319. The fraction of sp³-hybridized carbons (Fsp3) is 0.562. The van der Waals surface area contributed by atoms with Gasteiger partial charge in [0.2, 0.25) is 0 Å². The van der Waals surface area contributed by atoms with E-state index in [4.69, 9.17) is 4.74 Å². The van der Waals surface area contributed by atoms with Crippen LogP contribution in [0.1, 0.15) is 51.0 Å². The molecule has 0 amide bonds. The molecule has 0 aliphatic rings. The lowest BCUT2D eigenvalue weighted by Crippen LogP contribution is -2.03. The molecule has 0 unspecified atom stereocenters. The molecule has 1 aromatic carbocycles. The summed E-state index contributed by atoms with van der Waals surface area (Å²) in [4.78, 5) is 10.9. The highest BCUT2D eigenvalue weighted by molar-refractivity contribution is 5.68. The van der Waals surface area contributed by atoms with E-state index in [1.54, 1.807) is 0 Å². The fourth-order valence-corrected chi connectivity index (χ4v) is 1.89. The van der Waals surface area contributed by atoms with Crippen molar-refractivity contribution < 1.29 is 9.53 Å². The normalized spacial score (nSPS) is 10.3. The third-order valence-electron chi connectivity index (χ3n) is 3.00. The zero-order valence-corrected chi connectivity index (χ0v) is 11.4. The van der Waals surface area contributed by atoms with E-state index in [1.165, 1.54) is 31.2 Å². The highest BCUT2D eigenvalue weighted by Crippen LogP contribution is 2.08. The van der Waals surface area contributed by atoms with Crippen LogP contribution in [-0.2, 0) is 16.0 Å². The maximum absolute atomic E-state index is 10.9. The van der Waals surface area contributed by atoms with Gasteiger partial charge < -0.3 is 4.74 Å². The number of carbonyl (C=O) groups excluding carboxylic acids is 1. The van der Waals surface area contributed by atoms with Crippen LogP contribution in [0.15, 0.2) is 30.3 Å². The van der Waals surface area contributed by atoms with Gasteiger partial charge in [-0.1, -0.05) is 56.5 Å². The number of unbranched alkanes of at least 4 members (excludes halogenated alkanes) is 4. The van der Waals surface area contributed by atoms with E-state index in [0.29, 0.717) is 13.0 Å². The summed E-state index contributed by atoms with van der Waals surface area (Å²) in [5.74, 6) is -0.0842. The molecule has 0 atom stereocenters. The number of ether oxygens (including phenoxy) is 1. The van der Waals surface area contributed by atoms with E-state index < -0.39 is 0 Å². The molecule has 100 valence electrons. The minimum Gasteiger partial charge on any atom is -0.466 e. The van der Waals surface area contributed by atoms with Gasteiger partial charge in [-0.15, -0.1) is 0 Å². The lowest BCUT2D eigenvalue weighted by molar-refractivity contribution is -0.143. The van der Waals surface area contributed by atoms with Crippen molar-refractivity contribution in [2.45, 2.75) is 51.9 Å². The molecule has 0 fully saturated rings. The average Bonchev–Trinajstić information content (AvgIpc) is 2.42. The molecule has 0 heterocycles. The Morgan fingerprint density at radius 3 is 2.39 bits per heavy atom. The van der Waals surface area contributed by atoms with Crippen molar-refractivity contribution >= 4 is 5.97 Å². The predicted octanol–water partition coefficient (Wildman–Crippen LogP) is 4.13. The monoisotopic (exact) mass is 248 g/mol. The molecule has 0 spiro atoms. The third kappa shape index (κ3) is 7.10. The van der Waals surface area contributed by atoms with Gasteiger partial charge in [0, 0.05) is 6.42 Å². The van der Waals surface area contributed by atoms with E-state index in [1.807, 2.05) is 6.92 Å². The average molecular weight is 248 g/mol. The van der Waals surface area contributed by atoms with Crippen LogP contribution >= 0.6 is 0 Å². The topological polar surface area (TPSA) is 26.3 Å². The first-order valence-electron chi connectivity index (χ1n) is 7.02. The van der Waals surface area contributed by atoms with Gasteiger partial charge in [-0.25, -0.2) is 0 Å². The van der Waals surface area contributed by atoms with Crippen LogP contribution in [0, 0.1) is 0 Å². The molecule has 0 saturated heterocycles. The quantitative estimate of drug-likeness (QED) is 0.485. The third-order valence-corrected chi connectivity index (χ3v) is 3.00. The number of carbonyl (C=O) groups is 1. The Kier molecular flexibility index (Phi) is 7.94. The highest BCUT2D eigenvalue weighted by atomic mass is 16.5. The molecule has 0 aliphatic carbocycles. The van der Waals surface area contributed by atoms with E-state index in [0.717, 1.165) is 12.8 Å². The smallest absolute Gasteiger partial charge is 0.305 e. The van der Waals surface area contributed by atoms with Crippen LogP contribution in [0.4, 0.5) is 0 Å². The van der Waals surface area contributed by atoms with Crippen molar-refractivity contribution in [3.05, 3.63) is 35.9 Å². The number of hydrogen-bond donors (Lipinski definition) is 0. The molecule has 18 heavy (non-hydrogen) atoms. The molecular formula is C16H24O2. The summed E-state index contributed by atoms with van der Waals surface area (Å²) in [6, 6.07) is 10.6. The first kappa shape index (κ1) is 14.7. The Balaban J connectivity index is 1.89. The lowest BCUT2D eigenvalue weighted by Gasteiger charge is -2.04. The van der Waals surface area contributed by atoms with Gasteiger partial charge in [0.05, 0.1) is 6.61 Å². The lowest BCUT2D eigenvalue weighted by atomic mass is 10.1. The second kappa shape index (κ2) is 9.69. The van der Waals surface area contributed by atoms with Gasteiger partial charge in [0.25, 0.3) is 0 Å². The molecule has 0 aromatic heterocycles. The first-order valence-corrected chi connectivity index (χ1v) is 7.02. The Hall–Kier alpha value is -1.31. The number of rotatable bonds is 9. The zero-order chi connectivity index (χ0) is 13.1. The van der Waals surface area contributed by atoms with Crippen LogP contribution in [0.3, 0.4) is 0 Å². The first-order chi connectivity index (χ1) is 8.83. The number of benzene rings is 1. The number of aryl methyl sites for hydroxylation is 1. The Morgan fingerprint density at radius 2 is 1.67 bits per heavy atom. The Labute approximate surface area is 110 Å². The van der Waals surface area contributed by atoms with Crippen LogP contribution in [0.5, 0.6) is 0 Å². The molecule has 1 rings (SSSR count). The molecular weight excluding hydrogens is 224 g/mol. The minimum atomic E-state index is -0.0842. The van der Waals surface area contributed by atoms with E-state index >= 15 is 0 Å². The van der Waals surface area contributed by atoms with Crippen molar-refractivity contribution in [2.24, 2.45) is 0 Å². The second-order valence-electron chi connectivity index (χ2n) is 4.58. The molecule has 0 aliphatic heterocycles. The fourth-order valence-electron chi connectivity index (χ4n) is 1.89. The highest BCUT2D eigenvalue weighted by Gasteiger charge is 1.97. The van der Waals surface area contributed by atoms with Gasteiger partial charge in [-0.2, -0.15) is 0 Å². The largest absolute Gasteiger partial charge is 0.466 e. The summed E-state index contributed by atoms with van der Waals surface area (Å²) in [5, 5.41) is 0. The molecule has 1 aromatic rings. The van der Waals surface area contributed by atoms with Crippen molar-refractivity contribution in [3.8, 4) is 0 Å². The molecule has 2 heteroatoms. The van der Waals surface area contributed by atoms with E-state index in [-0.39, 0.29) is 5.97 Å². The zero-order valence-electron chi connectivity index (χ0n) is 11.4. The second-order valence-corrected chi connectivity index (χ2v) is 4.58. The summed E-state index contributed by atoms with van der Waals surface area (Å²) in [7, 11) is 0. The van der Waals surface area contributed by atoms with Crippen LogP contribution in [0.25, 0.3) is 0 Å². The van der Waals surface area contributed by atoms with Crippen molar-refractivity contribution in [2.75, 3.05) is 6.61 Å². The molecule has 0 bridgehead atoms. The van der Waals surface area contributed by atoms with Gasteiger partial charge in [0.15, 0.2) is 0 Å². The van der Waals surface area contributed by atoms with Crippen LogP contribution in [-0.4, -0.2) is 12.6 Å². The SMILES string of the molecule is CCC(=O)OCCCCCCCc1ccccc1.